The maximum Gasteiger partial charge on any atom is 0.416 e. The highest BCUT2D eigenvalue weighted by Crippen LogP contribution is 2.33. The number of hydrogen-bond donors (Lipinski definition) is 1. The predicted molar refractivity (Wildman–Crippen MR) is 86.2 cm³/mol. The molecule has 2 amide bonds. The molecule has 9 heteroatoms. The van der Waals surface area contributed by atoms with Crippen LogP contribution in [0, 0.1) is 5.92 Å². The van der Waals surface area contributed by atoms with Crippen molar-refractivity contribution in [3.05, 3.63) is 29.8 Å². The number of amides is 2. The number of benzene rings is 1. The van der Waals surface area contributed by atoms with E-state index in [1.54, 1.807) is 0 Å². The van der Waals surface area contributed by atoms with Crippen molar-refractivity contribution < 1.29 is 32.3 Å². The first-order valence-corrected chi connectivity index (χ1v) is 8.13. The summed E-state index contributed by atoms with van der Waals surface area (Å²) in [6.45, 7) is 1.79. The third-order valence-electron chi connectivity index (χ3n) is 3.86. The van der Waals surface area contributed by atoms with Crippen LogP contribution in [0.5, 0.6) is 0 Å². The van der Waals surface area contributed by atoms with Gasteiger partial charge in [-0.05, 0) is 24.6 Å². The van der Waals surface area contributed by atoms with Gasteiger partial charge in [-0.25, -0.2) is 0 Å². The van der Waals surface area contributed by atoms with E-state index in [1.165, 1.54) is 12.1 Å². The zero-order valence-electron chi connectivity index (χ0n) is 14.1. The highest BCUT2D eigenvalue weighted by molar-refractivity contribution is 5.99. The summed E-state index contributed by atoms with van der Waals surface area (Å²) in [5.41, 5.74) is -0.803. The molecule has 1 aromatic rings. The third-order valence-corrected chi connectivity index (χ3v) is 3.86. The van der Waals surface area contributed by atoms with Gasteiger partial charge in [-0.15, -0.1) is 0 Å². The minimum absolute atomic E-state index is 0.0702. The molecule has 1 saturated heterocycles. The van der Waals surface area contributed by atoms with Crippen LogP contribution in [0.3, 0.4) is 0 Å². The van der Waals surface area contributed by atoms with Crippen molar-refractivity contribution in [2.75, 3.05) is 24.6 Å². The summed E-state index contributed by atoms with van der Waals surface area (Å²) < 4.78 is 43.3. The Balaban J connectivity index is 1.98. The number of hydrogen-bond acceptors (Lipinski definition) is 4. The smallest absolute Gasteiger partial charge is 0.416 e. The molecule has 0 radical (unpaired) electrons. The van der Waals surface area contributed by atoms with Gasteiger partial charge < -0.3 is 15.0 Å². The van der Waals surface area contributed by atoms with Gasteiger partial charge in [-0.2, -0.15) is 13.2 Å². The summed E-state index contributed by atoms with van der Waals surface area (Å²) >= 11 is 0. The molecule has 0 spiro atoms. The van der Waals surface area contributed by atoms with Crippen molar-refractivity contribution in [2.24, 2.45) is 5.92 Å². The molecule has 0 aliphatic carbocycles. The summed E-state index contributed by atoms with van der Waals surface area (Å²) in [5.74, 6) is -2.46. The van der Waals surface area contributed by atoms with Gasteiger partial charge in [-0.3, -0.25) is 14.4 Å². The Bertz CT molecular complexity index is 691. The number of carbonyl (C=O) groups is 3. The van der Waals surface area contributed by atoms with Gasteiger partial charge >= 0.3 is 12.1 Å². The van der Waals surface area contributed by atoms with E-state index in [1.807, 2.05) is 6.92 Å². The second kappa shape index (κ2) is 8.20. The first-order chi connectivity index (χ1) is 12.2. The summed E-state index contributed by atoms with van der Waals surface area (Å²) in [4.78, 5) is 36.7. The number of halogens is 3. The van der Waals surface area contributed by atoms with E-state index >= 15 is 0 Å². The minimum Gasteiger partial charge on any atom is -0.455 e. The third kappa shape index (κ3) is 4.96. The van der Waals surface area contributed by atoms with Crippen LogP contribution in [0.2, 0.25) is 0 Å². The van der Waals surface area contributed by atoms with Gasteiger partial charge in [-0.1, -0.05) is 13.0 Å². The highest BCUT2D eigenvalue weighted by Gasteiger charge is 2.37. The maximum atomic E-state index is 12.8. The minimum atomic E-state index is -4.52. The number of nitrogens with zero attached hydrogens (tertiary/aromatic N) is 1. The van der Waals surface area contributed by atoms with E-state index in [0.29, 0.717) is 6.54 Å². The number of nitrogens with one attached hydrogen (secondary N) is 1. The van der Waals surface area contributed by atoms with E-state index in [2.05, 4.69) is 5.32 Å². The lowest BCUT2D eigenvalue weighted by Gasteiger charge is -2.18. The normalized spacial score (nSPS) is 17.3. The van der Waals surface area contributed by atoms with Crippen LogP contribution >= 0.6 is 0 Å². The van der Waals surface area contributed by atoms with Crippen LogP contribution in [0.25, 0.3) is 0 Å². The summed E-state index contributed by atoms with van der Waals surface area (Å²) in [5, 5.41) is 2.54. The topological polar surface area (TPSA) is 75.7 Å². The molecular formula is C17H19F3N2O4. The molecule has 1 N–H and O–H groups in total. The van der Waals surface area contributed by atoms with Crippen LogP contribution < -0.4 is 10.2 Å². The Hall–Kier alpha value is -2.58. The predicted octanol–water partition coefficient (Wildman–Crippen LogP) is 2.13. The Kier molecular flexibility index (Phi) is 6.23. The quantitative estimate of drug-likeness (QED) is 0.777. The number of carbonyl (C=O) groups excluding carboxylic acids is 3. The molecule has 1 fully saturated rings. The number of alkyl halides is 3. The van der Waals surface area contributed by atoms with Crippen molar-refractivity contribution >= 4 is 23.5 Å². The SMILES string of the molecule is CCCNC(=O)COC(=O)[C@@H]1CC(=O)N(c2cccc(C(F)(F)F)c2)C1. The van der Waals surface area contributed by atoms with Crippen molar-refractivity contribution in [3.63, 3.8) is 0 Å². The Labute approximate surface area is 148 Å². The van der Waals surface area contributed by atoms with Gasteiger partial charge in [0.15, 0.2) is 6.61 Å². The van der Waals surface area contributed by atoms with E-state index < -0.39 is 42.0 Å². The lowest BCUT2D eigenvalue weighted by atomic mass is 10.1. The van der Waals surface area contributed by atoms with Crippen molar-refractivity contribution in [1.29, 1.82) is 0 Å². The van der Waals surface area contributed by atoms with Crippen LogP contribution in [0.1, 0.15) is 25.3 Å². The van der Waals surface area contributed by atoms with Gasteiger partial charge in [0.2, 0.25) is 5.91 Å². The lowest BCUT2D eigenvalue weighted by molar-refractivity contribution is -0.152. The summed E-state index contributed by atoms with van der Waals surface area (Å²) in [6.07, 6.45) is -3.96. The van der Waals surface area contributed by atoms with Crippen LogP contribution in [-0.2, 0) is 25.3 Å². The molecule has 0 unspecified atom stereocenters. The van der Waals surface area contributed by atoms with E-state index in [4.69, 9.17) is 4.74 Å². The van der Waals surface area contributed by atoms with Crippen LogP contribution in [-0.4, -0.2) is 37.5 Å². The second-order valence-electron chi connectivity index (χ2n) is 5.91. The van der Waals surface area contributed by atoms with Gasteiger partial charge in [0.1, 0.15) is 0 Å². The van der Waals surface area contributed by atoms with Gasteiger partial charge in [0.25, 0.3) is 5.91 Å². The zero-order chi connectivity index (χ0) is 19.3. The fourth-order valence-electron chi connectivity index (χ4n) is 2.54. The molecule has 2 rings (SSSR count). The summed E-state index contributed by atoms with van der Waals surface area (Å²) in [7, 11) is 0. The van der Waals surface area contributed by atoms with E-state index in [9.17, 15) is 27.6 Å². The Morgan fingerprint density at radius 1 is 1.35 bits per heavy atom. The molecule has 1 aliphatic heterocycles. The van der Waals surface area contributed by atoms with Crippen molar-refractivity contribution in [1.82, 2.24) is 5.32 Å². The fourth-order valence-corrected chi connectivity index (χ4v) is 2.54. The maximum absolute atomic E-state index is 12.8. The Morgan fingerprint density at radius 2 is 2.08 bits per heavy atom. The van der Waals surface area contributed by atoms with E-state index in [0.717, 1.165) is 23.5 Å². The fraction of sp³-hybridized carbons (Fsp3) is 0.471. The lowest BCUT2D eigenvalue weighted by Crippen LogP contribution is -2.31. The van der Waals surface area contributed by atoms with Gasteiger partial charge in [0.05, 0.1) is 11.5 Å². The molecule has 1 heterocycles. The molecule has 0 bridgehead atoms. The molecule has 0 saturated carbocycles. The average Bonchev–Trinajstić information content (AvgIpc) is 2.99. The molecule has 1 aromatic carbocycles. The first-order valence-electron chi connectivity index (χ1n) is 8.13. The Morgan fingerprint density at radius 3 is 2.73 bits per heavy atom. The van der Waals surface area contributed by atoms with E-state index in [-0.39, 0.29) is 18.7 Å². The average molecular weight is 372 g/mol. The zero-order valence-corrected chi connectivity index (χ0v) is 14.1. The van der Waals surface area contributed by atoms with Crippen LogP contribution in [0.15, 0.2) is 24.3 Å². The van der Waals surface area contributed by atoms with Crippen LogP contribution in [0.4, 0.5) is 18.9 Å². The second-order valence-corrected chi connectivity index (χ2v) is 5.91. The van der Waals surface area contributed by atoms with Crippen molar-refractivity contribution in [3.8, 4) is 0 Å². The molecule has 142 valence electrons. The molecule has 0 aromatic heterocycles. The largest absolute Gasteiger partial charge is 0.455 e. The molecule has 1 aliphatic rings. The van der Waals surface area contributed by atoms with Crippen molar-refractivity contribution in [2.45, 2.75) is 25.9 Å². The highest BCUT2D eigenvalue weighted by atomic mass is 19.4. The number of ether oxygens (including phenoxy) is 1. The molecule has 1 atom stereocenters. The van der Waals surface area contributed by atoms with Gasteiger partial charge in [0, 0.05) is 25.2 Å². The monoisotopic (exact) mass is 372 g/mol. The number of anilines is 1. The number of esters is 1. The standard InChI is InChI=1S/C17H19F3N2O4/c1-2-6-21-14(23)10-26-16(25)11-7-15(24)22(9-11)13-5-3-4-12(8-13)17(18,19)20/h3-5,8,11H,2,6-7,9-10H2,1H3,(H,21,23)/t11-/m1/s1. The summed E-state index contributed by atoms with van der Waals surface area (Å²) in [6, 6.07) is 4.35. The molecule has 6 nitrogen and oxygen atoms in total. The first kappa shape index (κ1) is 19.7. The molecule has 26 heavy (non-hydrogen) atoms. The molecular weight excluding hydrogens is 353 g/mol. The number of rotatable bonds is 6.